The van der Waals surface area contributed by atoms with E-state index in [4.69, 9.17) is 14.2 Å². The van der Waals surface area contributed by atoms with Crippen LogP contribution in [0.1, 0.15) is 45.5 Å². The van der Waals surface area contributed by atoms with Crippen molar-refractivity contribution in [3.8, 4) is 11.5 Å². The third-order valence-corrected chi connectivity index (χ3v) is 6.65. The largest absolute Gasteiger partial charge is 0.493 e. The molecule has 0 unspecified atom stereocenters. The number of dihydropyridines is 1. The molecule has 2 aliphatic rings. The number of carbonyl (C=O) groups excluding carboxylic acids is 2. The highest BCUT2D eigenvalue weighted by Gasteiger charge is 2.43. The number of methoxy groups -OCH3 is 2. The number of hydrogen-bond acceptors (Lipinski definition) is 6. The second kappa shape index (κ2) is 9.38. The van der Waals surface area contributed by atoms with Crippen LogP contribution in [0, 0.1) is 6.92 Å². The summed E-state index contributed by atoms with van der Waals surface area (Å²) in [5.41, 5.74) is 6.69. The van der Waals surface area contributed by atoms with Crippen LogP contribution in [0.2, 0.25) is 0 Å². The molecule has 0 fully saturated rings. The van der Waals surface area contributed by atoms with E-state index < -0.39 is 11.9 Å². The monoisotopic (exact) mass is 481 g/mol. The molecular formula is C30H27NO5. The van der Waals surface area contributed by atoms with Crippen molar-refractivity contribution >= 4 is 17.4 Å². The summed E-state index contributed by atoms with van der Waals surface area (Å²) in [6.07, 6.45) is 0. The predicted octanol–water partition coefficient (Wildman–Crippen LogP) is 5.32. The Labute approximate surface area is 210 Å². The van der Waals surface area contributed by atoms with Crippen LogP contribution in [-0.2, 0) is 16.1 Å². The van der Waals surface area contributed by atoms with Gasteiger partial charge in [0.15, 0.2) is 17.3 Å². The summed E-state index contributed by atoms with van der Waals surface area (Å²) in [4.78, 5) is 26.5. The molecule has 1 aliphatic carbocycles. The maximum atomic E-state index is 13.6. The number of benzene rings is 3. The van der Waals surface area contributed by atoms with Crippen LogP contribution in [0.3, 0.4) is 0 Å². The summed E-state index contributed by atoms with van der Waals surface area (Å²) >= 11 is 0. The molecule has 1 N–H and O–H groups in total. The second-order valence-electron chi connectivity index (χ2n) is 8.94. The Balaban J connectivity index is 1.56. The Morgan fingerprint density at radius 1 is 0.917 bits per heavy atom. The van der Waals surface area contributed by atoms with Gasteiger partial charge in [0.25, 0.3) is 0 Å². The van der Waals surface area contributed by atoms with Crippen molar-refractivity contribution in [3.05, 3.63) is 111 Å². The normalized spacial score (nSPS) is 16.3. The quantitative estimate of drug-likeness (QED) is 0.480. The highest BCUT2D eigenvalue weighted by atomic mass is 16.5. The number of esters is 1. The van der Waals surface area contributed by atoms with E-state index >= 15 is 0 Å². The number of ether oxygens (including phenoxy) is 3. The molecule has 182 valence electrons. The van der Waals surface area contributed by atoms with Crippen LogP contribution in [0.5, 0.6) is 11.5 Å². The fourth-order valence-corrected chi connectivity index (χ4v) is 4.99. The molecule has 36 heavy (non-hydrogen) atoms. The second-order valence-corrected chi connectivity index (χ2v) is 8.94. The van der Waals surface area contributed by atoms with E-state index in [-0.39, 0.29) is 5.78 Å². The Kier molecular flexibility index (Phi) is 6.10. The molecule has 3 aromatic rings. The Bertz CT molecular complexity index is 1450. The molecule has 0 bridgehead atoms. The Morgan fingerprint density at radius 3 is 2.42 bits per heavy atom. The van der Waals surface area contributed by atoms with E-state index in [1.165, 1.54) is 7.11 Å². The topological polar surface area (TPSA) is 73.9 Å². The van der Waals surface area contributed by atoms with Gasteiger partial charge in [0, 0.05) is 28.3 Å². The van der Waals surface area contributed by atoms with Crippen LogP contribution in [0.4, 0.5) is 0 Å². The van der Waals surface area contributed by atoms with Crippen LogP contribution in [0.15, 0.2) is 83.6 Å². The highest BCUT2D eigenvalue weighted by molar-refractivity contribution is 6.23. The molecule has 3 aromatic carbocycles. The van der Waals surface area contributed by atoms with Crippen molar-refractivity contribution in [1.82, 2.24) is 5.32 Å². The molecule has 6 heteroatoms. The summed E-state index contributed by atoms with van der Waals surface area (Å²) in [6, 6.07) is 21.1. The van der Waals surface area contributed by atoms with Crippen LogP contribution in [-0.4, -0.2) is 26.0 Å². The standard InChI is InChI=1S/C30H27NO5/c1-17-8-7-9-19(14-17)16-36-23-13-12-20(15-24(23)34-3)26-25(30(33)35-4)18(2)31-28-21-10-5-6-11-22(21)29(32)27(26)28/h5-15,26,31H,16H2,1-4H3/t26-/m0/s1. The van der Waals surface area contributed by atoms with Crippen molar-refractivity contribution in [2.45, 2.75) is 26.4 Å². The molecule has 0 spiro atoms. The van der Waals surface area contributed by atoms with Crippen LogP contribution < -0.4 is 14.8 Å². The third-order valence-electron chi connectivity index (χ3n) is 6.65. The van der Waals surface area contributed by atoms with E-state index in [1.54, 1.807) is 7.11 Å². The first-order chi connectivity index (χ1) is 17.4. The number of aryl methyl sites for hydroxylation is 1. The third kappa shape index (κ3) is 3.94. The van der Waals surface area contributed by atoms with Gasteiger partial charge in [-0.05, 0) is 37.1 Å². The van der Waals surface area contributed by atoms with E-state index in [9.17, 15) is 9.59 Å². The lowest BCUT2D eigenvalue weighted by atomic mass is 9.79. The average Bonchev–Trinajstić information content (AvgIpc) is 3.17. The molecule has 6 nitrogen and oxygen atoms in total. The van der Waals surface area contributed by atoms with Crippen molar-refractivity contribution in [1.29, 1.82) is 0 Å². The predicted molar refractivity (Wildman–Crippen MR) is 137 cm³/mol. The zero-order valence-electron chi connectivity index (χ0n) is 20.7. The smallest absolute Gasteiger partial charge is 0.336 e. The Hall–Kier alpha value is -4.32. The molecular weight excluding hydrogens is 454 g/mol. The first-order valence-corrected chi connectivity index (χ1v) is 11.7. The van der Waals surface area contributed by atoms with Crippen molar-refractivity contribution in [2.75, 3.05) is 14.2 Å². The summed E-state index contributed by atoms with van der Waals surface area (Å²) in [5, 5.41) is 3.29. The van der Waals surface area contributed by atoms with Crippen molar-refractivity contribution in [2.24, 2.45) is 0 Å². The van der Waals surface area contributed by atoms with E-state index in [0.29, 0.717) is 40.5 Å². The van der Waals surface area contributed by atoms with Gasteiger partial charge in [0.2, 0.25) is 0 Å². The van der Waals surface area contributed by atoms with Crippen LogP contribution in [0.25, 0.3) is 5.70 Å². The minimum Gasteiger partial charge on any atom is -0.493 e. The van der Waals surface area contributed by atoms with Crippen molar-refractivity contribution in [3.63, 3.8) is 0 Å². The van der Waals surface area contributed by atoms with Crippen molar-refractivity contribution < 1.29 is 23.8 Å². The zero-order valence-corrected chi connectivity index (χ0v) is 20.7. The summed E-state index contributed by atoms with van der Waals surface area (Å²) in [5.74, 6) is -0.115. The number of ketones is 1. The van der Waals surface area contributed by atoms with Gasteiger partial charge in [0.05, 0.1) is 25.5 Å². The lowest BCUT2D eigenvalue weighted by Crippen LogP contribution is -2.29. The van der Waals surface area contributed by atoms with Gasteiger partial charge in [-0.1, -0.05) is 60.2 Å². The highest BCUT2D eigenvalue weighted by Crippen LogP contribution is 2.47. The number of fused-ring (bicyclic) bond motifs is 2. The summed E-state index contributed by atoms with van der Waals surface area (Å²) < 4.78 is 16.9. The average molecular weight is 482 g/mol. The fraction of sp³-hybridized carbons (Fsp3) is 0.200. The molecule has 1 heterocycles. The number of nitrogens with one attached hydrogen (secondary N) is 1. The first kappa shape index (κ1) is 23.4. The SMILES string of the molecule is COC(=O)C1=C(C)NC2=C(C(=O)c3ccccc32)[C@H]1c1ccc(OCc2cccc(C)c2)c(OC)c1. The van der Waals surface area contributed by atoms with Gasteiger partial charge < -0.3 is 19.5 Å². The number of allylic oxidation sites excluding steroid dienone is 2. The van der Waals surface area contributed by atoms with Crippen LogP contribution >= 0.6 is 0 Å². The van der Waals surface area contributed by atoms with E-state index in [1.807, 2.05) is 74.5 Å². The Morgan fingerprint density at radius 2 is 1.69 bits per heavy atom. The zero-order chi connectivity index (χ0) is 25.4. The van der Waals surface area contributed by atoms with E-state index in [2.05, 4.69) is 11.4 Å². The first-order valence-electron chi connectivity index (χ1n) is 11.7. The fourth-order valence-electron chi connectivity index (χ4n) is 4.99. The molecule has 1 aliphatic heterocycles. The molecule has 0 saturated carbocycles. The molecule has 0 radical (unpaired) electrons. The van der Waals surface area contributed by atoms with E-state index in [0.717, 1.165) is 28.0 Å². The minimum absolute atomic E-state index is 0.106. The van der Waals surface area contributed by atoms with Gasteiger partial charge in [-0.2, -0.15) is 0 Å². The molecule has 5 rings (SSSR count). The van der Waals surface area contributed by atoms with Gasteiger partial charge in [-0.15, -0.1) is 0 Å². The number of rotatable bonds is 6. The number of hydrogen-bond donors (Lipinski definition) is 1. The molecule has 1 atom stereocenters. The lowest BCUT2D eigenvalue weighted by Gasteiger charge is -2.29. The summed E-state index contributed by atoms with van der Waals surface area (Å²) in [6.45, 7) is 4.25. The molecule has 0 amide bonds. The maximum absolute atomic E-state index is 13.6. The van der Waals surface area contributed by atoms with Gasteiger partial charge in [-0.3, -0.25) is 4.79 Å². The maximum Gasteiger partial charge on any atom is 0.336 e. The van der Waals surface area contributed by atoms with Gasteiger partial charge in [0.1, 0.15) is 6.61 Å². The van der Waals surface area contributed by atoms with Gasteiger partial charge in [-0.25, -0.2) is 4.79 Å². The molecule has 0 saturated heterocycles. The number of carbonyl (C=O) groups is 2. The minimum atomic E-state index is -0.617. The molecule has 0 aromatic heterocycles. The van der Waals surface area contributed by atoms with Gasteiger partial charge >= 0.3 is 5.97 Å². The number of Topliss-reactive ketones (excluding diaryl/α,β-unsaturated/α-hetero) is 1. The lowest BCUT2D eigenvalue weighted by molar-refractivity contribution is -0.136. The summed E-state index contributed by atoms with van der Waals surface area (Å²) in [7, 11) is 2.92.